The Morgan fingerprint density at radius 1 is 1.43 bits per heavy atom. The SMILES string of the molecule is COc1ncc([N+](=O)[O-])c(OC)n1.Cl. The molecule has 1 heterocycles. The third-order valence-corrected chi connectivity index (χ3v) is 1.29. The molecule has 1 aromatic rings. The molecule has 1 rings (SSSR count). The van der Waals surface area contributed by atoms with Crippen LogP contribution in [0.4, 0.5) is 5.69 Å². The van der Waals surface area contributed by atoms with Gasteiger partial charge in [-0.15, -0.1) is 12.4 Å². The number of aromatic nitrogens is 2. The Bertz CT molecular complexity index is 333. The highest BCUT2D eigenvalue weighted by Crippen LogP contribution is 2.24. The summed E-state index contributed by atoms with van der Waals surface area (Å²) < 4.78 is 9.34. The van der Waals surface area contributed by atoms with Crippen molar-refractivity contribution in [1.29, 1.82) is 0 Å². The van der Waals surface area contributed by atoms with Gasteiger partial charge in [-0.25, -0.2) is 0 Å². The molecule has 0 fully saturated rings. The number of ether oxygens (including phenoxy) is 2. The minimum absolute atomic E-state index is 0. The number of rotatable bonds is 3. The molecule has 0 aliphatic carbocycles. The average Bonchev–Trinajstić information content (AvgIpc) is 2.16. The van der Waals surface area contributed by atoms with Crippen LogP contribution in [0, 0.1) is 10.1 Å². The van der Waals surface area contributed by atoms with Crippen LogP contribution in [0.5, 0.6) is 11.9 Å². The molecule has 0 spiro atoms. The van der Waals surface area contributed by atoms with Crippen LogP contribution in [0.25, 0.3) is 0 Å². The smallest absolute Gasteiger partial charge is 0.349 e. The molecule has 14 heavy (non-hydrogen) atoms. The minimum Gasteiger partial charge on any atom is -0.476 e. The lowest BCUT2D eigenvalue weighted by atomic mass is 10.5. The Morgan fingerprint density at radius 2 is 2.07 bits per heavy atom. The number of nitro groups is 1. The van der Waals surface area contributed by atoms with Crippen molar-refractivity contribution in [1.82, 2.24) is 9.97 Å². The molecule has 1 aromatic heterocycles. The van der Waals surface area contributed by atoms with Crippen LogP contribution < -0.4 is 9.47 Å². The van der Waals surface area contributed by atoms with Gasteiger partial charge in [0.25, 0.3) is 5.88 Å². The van der Waals surface area contributed by atoms with Gasteiger partial charge in [0.05, 0.1) is 19.1 Å². The summed E-state index contributed by atoms with van der Waals surface area (Å²) in [5.74, 6) is -0.114. The van der Waals surface area contributed by atoms with Crippen molar-refractivity contribution >= 4 is 18.1 Å². The lowest BCUT2D eigenvalue weighted by molar-refractivity contribution is -0.386. The Kier molecular flexibility index (Phi) is 4.57. The molecule has 8 heteroatoms. The van der Waals surface area contributed by atoms with Gasteiger partial charge in [-0.2, -0.15) is 9.97 Å². The van der Waals surface area contributed by atoms with Crippen molar-refractivity contribution in [3.8, 4) is 11.9 Å². The van der Waals surface area contributed by atoms with Crippen molar-refractivity contribution in [2.75, 3.05) is 14.2 Å². The monoisotopic (exact) mass is 221 g/mol. The van der Waals surface area contributed by atoms with Crippen molar-refractivity contribution in [3.05, 3.63) is 16.3 Å². The summed E-state index contributed by atoms with van der Waals surface area (Å²) in [6.07, 6.45) is 1.03. The Morgan fingerprint density at radius 3 is 2.50 bits per heavy atom. The van der Waals surface area contributed by atoms with Crippen molar-refractivity contribution in [2.24, 2.45) is 0 Å². The number of methoxy groups -OCH3 is 2. The Hall–Kier alpha value is -1.63. The molecule has 0 N–H and O–H groups in total. The van der Waals surface area contributed by atoms with E-state index in [2.05, 4.69) is 19.4 Å². The van der Waals surface area contributed by atoms with E-state index in [1.165, 1.54) is 14.2 Å². The third kappa shape index (κ3) is 2.43. The molecule has 7 nitrogen and oxygen atoms in total. The molecular formula is C6H8ClN3O4. The molecule has 0 aromatic carbocycles. The topological polar surface area (TPSA) is 87.4 Å². The van der Waals surface area contributed by atoms with E-state index in [4.69, 9.17) is 0 Å². The van der Waals surface area contributed by atoms with E-state index < -0.39 is 4.92 Å². The quantitative estimate of drug-likeness (QED) is 0.555. The second-order valence-corrected chi connectivity index (χ2v) is 2.01. The molecule has 0 amide bonds. The van der Waals surface area contributed by atoms with Gasteiger partial charge in [-0.1, -0.05) is 0 Å². The molecule has 78 valence electrons. The Labute approximate surface area is 85.6 Å². The van der Waals surface area contributed by atoms with Crippen molar-refractivity contribution < 1.29 is 14.4 Å². The summed E-state index contributed by atoms with van der Waals surface area (Å²) in [4.78, 5) is 17.0. The number of nitrogens with zero attached hydrogens (tertiary/aromatic N) is 3. The van der Waals surface area contributed by atoms with Gasteiger partial charge in [-0.3, -0.25) is 10.1 Å². The fourth-order valence-electron chi connectivity index (χ4n) is 0.718. The maximum absolute atomic E-state index is 10.4. The van der Waals surface area contributed by atoms with Crippen LogP contribution in [0.2, 0.25) is 0 Å². The van der Waals surface area contributed by atoms with Gasteiger partial charge >= 0.3 is 11.7 Å². The van der Waals surface area contributed by atoms with Gasteiger partial charge < -0.3 is 9.47 Å². The molecular weight excluding hydrogens is 214 g/mol. The largest absolute Gasteiger partial charge is 0.476 e. The van der Waals surface area contributed by atoms with Crippen LogP contribution >= 0.6 is 12.4 Å². The lowest BCUT2D eigenvalue weighted by Gasteiger charge is -2.01. The first-order valence-electron chi connectivity index (χ1n) is 3.28. The predicted octanol–water partition coefficient (Wildman–Crippen LogP) is 0.824. The summed E-state index contributed by atoms with van der Waals surface area (Å²) in [7, 11) is 2.65. The molecule has 0 saturated heterocycles. The summed E-state index contributed by atoms with van der Waals surface area (Å²) in [5, 5.41) is 10.4. The first-order chi connectivity index (χ1) is 6.19. The van der Waals surface area contributed by atoms with E-state index in [1.807, 2.05) is 0 Å². The summed E-state index contributed by atoms with van der Waals surface area (Å²) in [5.41, 5.74) is -0.289. The third-order valence-electron chi connectivity index (χ3n) is 1.29. The van der Waals surface area contributed by atoms with Crippen LogP contribution in [0.1, 0.15) is 0 Å². The summed E-state index contributed by atoms with van der Waals surface area (Å²) in [6, 6.07) is 0.0300. The highest BCUT2D eigenvalue weighted by atomic mass is 35.5. The molecule has 0 aliphatic heterocycles. The molecule has 0 radical (unpaired) electrons. The van der Waals surface area contributed by atoms with Crippen molar-refractivity contribution in [2.45, 2.75) is 0 Å². The van der Waals surface area contributed by atoms with Gasteiger partial charge in [0.2, 0.25) is 0 Å². The average molecular weight is 222 g/mol. The molecule has 0 aliphatic rings. The maximum Gasteiger partial charge on any atom is 0.349 e. The maximum atomic E-state index is 10.4. The molecule has 0 atom stereocenters. The first kappa shape index (κ1) is 12.4. The zero-order valence-electron chi connectivity index (χ0n) is 7.46. The van der Waals surface area contributed by atoms with E-state index in [9.17, 15) is 10.1 Å². The van der Waals surface area contributed by atoms with Crippen LogP contribution in [0.3, 0.4) is 0 Å². The first-order valence-corrected chi connectivity index (χ1v) is 3.28. The Balaban J connectivity index is 0.00000169. The minimum atomic E-state index is -0.627. The van der Waals surface area contributed by atoms with E-state index in [1.54, 1.807) is 0 Å². The van der Waals surface area contributed by atoms with Crippen molar-refractivity contribution in [3.63, 3.8) is 0 Å². The van der Waals surface area contributed by atoms with Gasteiger partial charge in [0.15, 0.2) is 0 Å². The zero-order chi connectivity index (χ0) is 9.84. The van der Waals surface area contributed by atoms with Gasteiger partial charge in [0.1, 0.15) is 6.20 Å². The number of hydrogen-bond donors (Lipinski definition) is 0. The van der Waals surface area contributed by atoms with Crippen LogP contribution in [-0.2, 0) is 0 Å². The van der Waals surface area contributed by atoms with Crippen LogP contribution in [0.15, 0.2) is 6.20 Å². The summed E-state index contributed by atoms with van der Waals surface area (Å²) in [6.45, 7) is 0. The summed E-state index contributed by atoms with van der Waals surface area (Å²) >= 11 is 0. The second-order valence-electron chi connectivity index (χ2n) is 2.01. The molecule has 0 bridgehead atoms. The fourth-order valence-corrected chi connectivity index (χ4v) is 0.718. The standard InChI is InChI=1S/C6H7N3O4.ClH/c1-12-5-4(9(10)11)3-7-6(8-5)13-2;/h3H,1-2H3;1H. The fraction of sp³-hybridized carbons (Fsp3) is 0.333. The van der Waals surface area contributed by atoms with E-state index in [0.29, 0.717) is 0 Å². The van der Waals surface area contributed by atoms with Gasteiger partial charge in [0, 0.05) is 0 Å². The van der Waals surface area contributed by atoms with E-state index in [-0.39, 0.29) is 30.0 Å². The highest BCUT2D eigenvalue weighted by molar-refractivity contribution is 5.85. The normalized spacial score (nSPS) is 8.71. The lowest BCUT2D eigenvalue weighted by Crippen LogP contribution is -1.99. The number of hydrogen-bond acceptors (Lipinski definition) is 6. The number of halogens is 1. The van der Waals surface area contributed by atoms with Crippen LogP contribution in [-0.4, -0.2) is 29.1 Å². The zero-order valence-corrected chi connectivity index (χ0v) is 8.28. The molecule has 0 saturated carbocycles. The molecule has 0 unspecified atom stereocenters. The second kappa shape index (κ2) is 5.18. The van der Waals surface area contributed by atoms with E-state index in [0.717, 1.165) is 6.20 Å². The highest BCUT2D eigenvalue weighted by Gasteiger charge is 2.17. The van der Waals surface area contributed by atoms with Gasteiger partial charge in [-0.05, 0) is 0 Å². The van der Waals surface area contributed by atoms with E-state index >= 15 is 0 Å². The predicted molar refractivity (Wildman–Crippen MR) is 49.0 cm³/mol.